The second-order valence-electron chi connectivity index (χ2n) is 8.69. The first-order valence-corrected chi connectivity index (χ1v) is 11.6. The lowest BCUT2D eigenvalue weighted by Gasteiger charge is -2.32. The highest BCUT2D eigenvalue weighted by Crippen LogP contribution is 2.36. The lowest BCUT2D eigenvalue weighted by atomic mass is 10.1. The Balaban J connectivity index is 1.46. The topological polar surface area (TPSA) is 99.2 Å². The molecule has 2 aromatic carbocycles. The van der Waals surface area contributed by atoms with Gasteiger partial charge in [-0.15, -0.1) is 0 Å². The minimum Gasteiger partial charge on any atom is -0.457 e. The number of aromatic nitrogens is 4. The van der Waals surface area contributed by atoms with Gasteiger partial charge < -0.3 is 15.4 Å². The van der Waals surface area contributed by atoms with Crippen molar-refractivity contribution in [3.05, 3.63) is 73.1 Å². The van der Waals surface area contributed by atoms with E-state index in [0.29, 0.717) is 41.1 Å². The molecule has 1 amide bonds. The van der Waals surface area contributed by atoms with Crippen molar-refractivity contribution in [1.29, 1.82) is 0 Å². The zero-order valence-electron chi connectivity index (χ0n) is 19.7. The molecule has 0 aliphatic carbocycles. The predicted molar refractivity (Wildman–Crippen MR) is 132 cm³/mol. The zero-order valence-corrected chi connectivity index (χ0v) is 19.7. The van der Waals surface area contributed by atoms with E-state index in [0.717, 1.165) is 25.0 Å². The molecule has 190 valence electrons. The fourth-order valence-electron chi connectivity index (χ4n) is 4.49. The molecule has 1 saturated heterocycles. The maximum Gasteiger partial charge on any atom is 0.416 e. The summed E-state index contributed by atoms with van der Waals surface area (Å²) in [6.07, 6.45) is -0.160. The number of carbonyl (C=O) groups excluding carboxylic acids is 1. The van der Waals surface area contributed by atoms with Crippen molar-refractivity contribution < 1.29 is 22.7 Å². The van der Waals surface area contributed by atoms with Crippen molar-refractivity contribution in [2.75, 3.05) is 18.8 Å². The summed E-state index contributed by atoms with van der Waals surface area (Å²) in [5.74, 6) is 0.574. The number of piperidine rings is 1. The number of nitrogens with two attached hydrogens (primary N) is 1. The highest BCUT2D eigenvalue weighted by molar-refractivity contribution is 5.98. The lowest BCUT2D eigenvalue weighted by molar-refractivity contribution is -0.137. The maximum absolute atomic E-state index is 13.0. The van der Waals surface area contributed by atoms with Gasteiger partial charge in [-0.3, -0.25) is 4.79 Å². The number of likely N-dealkylation sites (tertiary alicyclic amines) is 1. The molecule has 2 aromatic heterocycles. The van der Waals surface area contributed by atoms with Gasteiger partial charge in [0.05, 0.1) is 17.0 Å². The van der Waals surface area contributed by atoms with Crippen molar-refractivity contribution in [2.24, 2.45) is 0 Å². The Labute approximate surface area is 210 Å². The number of anilines is 1. The number of nitrogens with zero attached hydrogens (tertiary/aromatic N) is 5. The standard InChI is InChI=1S/C26H23F3N6O2/c1-2-21(36)34-12-4-6-18(14-34)35-25-22(24(30)31-15-32-25)23(33-35)16-8-10-19(11-9-16)37-20-7-3-5-17(13-20)26(27,28)29/h2-3,5,7-11,13,15,18H,1,4,6,12,14H2,(H2,30,31,32)/t18-/m0/s1. The molecule has 3 heterocycles. The van der Waals surface area contributed by atoms with Crippen LogP contribution in [0.25, 0.3) is 22.3 Å². The van der Waals surface area contributed by atoms with Crippen LogP contribution in [0.3, 0.4) is 0 Å². The fraction of sp³-hybridized carbons (Fsp3) is 0.231. The Morgan fingerprint density at radius 1 is 1.14 bits per heavy atom. The smallest absolute Gasteiger partial charge is 0.416 e. The molecule has 8 nitrogen and oxygen atoms in total. The average Bonchev–Trinajstić information content (AvgIpc) is 3.29. The van der Waals surface area contributed by atoms with Gasteiger partial charge in [0.2, 0.25) is 5.91 Å². The van der Waals surface area contributed by atoms with Crippen LogP contribution in [0.15, 0.2) is 67.5 Å². The van der Waals surface area contributed by atoms with Gasteiger partial charge in [0.1, 0.15) is 29.3 Å². The average molecular weight is 509 g/mol. The summed E-state index contributed by atoms with van der Waals surface area (Å²) in [7, 11) is 0. The number of ether oxygens (including phenoxy) is 1. The van der Waals surface area contributed by atoms with Crippen molar-refractivity contribution in [1.82, 2.24) is 24.6 Å². The molecule has 0 saturated carbocycles. The molecular weight excluding hydrogens is 485 g/mol. The van der Waals surface area contributed by atoms with Crippen LogP contribution >= 0.6 is 0 Å². The van der Waals surface area contributed by atoms with E-state index >= 15 is 0 Å². The van der Waals surface area contributed by atoms with E-state index in [1.807, 2.05) is 0 Å². The summed E-state index contributed by atoms with van der Waals surface area (Å²) in [6, 6.07) is 11.4. The molecule has 0 radical (unpaired) electrons. The summed E-state index contributed by atoms with van der Waals surface area (Å²) >= 11 is 0. The fourth-order valence-corrected chi connectivity index (χ4v) is 4.49. The van der Waals surface area contributed by atoms with Crippen LogP contribution in [0.2, 0.25) is 0 Å². The summed E-state index contributed by atoms with van der Waals surface area (Å²) in [4.78, 5) is 22.5. The third-order valence-corrected chi connectivity index (χ3v) is 6.27. The number of amides is 1. The monoisotopic (exact) mass is 508 g/mol. The molecule has 37 heavy (non-hydrogen) atoms. The molecule has 1 atom stereocenters. The molecule has 2 N–H and O–H groups in total. The number of halogens is 3. The van der Waals surface area contributed by atoms with Gasteiger partial charge in [0.15, 0.2) is 5.65 Å². The number of hydrogen-bond acceptors (Lipinski definition) is 6. The zero-order chi connectivity index (χ0) is 26.2. The second-order valence-corrected chi connectivity index (χ2v) is 8.69. The van der Waals surface area contributed by atoms with E-state index in [-0.39, 0.29) is 23.5 Å². The summed E-state index contributed by atoms with van der Waals surface area (Å²) in [5.41, 5.74) is 7.26. The highest BCUT2D eigenvalue weighted by Gasteiger charge is 2.31. The van der Waals surface area contributed by atoms with Crippen molar-refractivity contribution in [2.45, 2.75) is 25.1 Å². The molecule has 0 spiro atoms. The molecule has 1 aliphatic rings. The van der Waals surface area contributed by atoms with Crippen LogP contribution < -0.4 is 10.5 Å². The Bertz CT molecular complexity index is 1470. The quantitative estimate of drug-likeness (QED) is 0.371. The number of nitrogen functional groups attached to an aromatic ring is 1. The first-order valence-electron chi connectivity index (χ1n) is 11.6. The molecule has 5 rings (SSSR count). The molecule has 1 aliphatic heterocycles. The van der Waals surface area contributed by atoms with Gasteiger partial charge in [0.25, 0.3) is 0 Å². The van der Waals surface area contributed by atoms with E-state index in [2.05, 4.69) is 16.5 Å². The van der Waals surface area contributed by atoms with Crippen LogP contribution in [0.5, 0.6) is 11.5 Å². The van der Waals surface area contributed by atoms with Gasteiger partial charge in [0, 0.05) is 18.7 Å². The Morgan fingerprint density at radius 2 is 1.92 bits per heavy atom. The summed E-state index contributed by atoms with van der Waals surface area (Å²) in [6.45, 7) is 4.69. The van der Waals surface area contributed by atoms with E-state index in [9.17, 15) is 18.0 Å². The van der Waals surface area contributed by atoms with Crippen LogP contribution in [0.4, 0.5) is 19.0 Å². The molecule has 1 fully saturated rings. The van der Waals surface area contributed by atoms with Gasteiger partial charge in [-0.05, 0) is 61.4 Å². The summed E-state index contributed by atoms with van der Waals surface area (Å²) < 4.78 is 46.5. The van der Waals surface area contributed by atoms with Crippen LogP contribution in [-0.2, 0) is 11.0 Å². The maximum atomic E-state index is 13.0. The van der Waals surface area contributed by atoms with Gasteiger partial charge in [-0.1, -0.05) is 12.6 Å². The Kier molecular flexibility index (Phi) is 6.28. The second kappa shape index (κ2) is 9.57. The molecule has 0 bridgehead atoms. The SMILES string of the molecule is C=CC(=O)N1CCC[C@H](n2nc(-c3ccc(Oc4cccc(C(F)(F)F)c4)cc3)c3c(N)ncnc32)C1. The number of carbonyl (C=O) groups is 1. The number of rotatable bonds is 5. The minimum absolute atomic E-state index is 0.0749. The van der Waals surface area contributed by atoms with Crippen molar-refractivity contribution in [3.8, 4) is 22.8 Å². The molecular formula is C26H23F3N6O2. The highest BCUT2D eigenvalue weighted by atomic mass is 19.4. The van der Waals surface area contributed by atoms with E-state index in [1.54, 1.807) is 33.8 Å². The minimum atomic E-state index is -4.46. The van der Waals surface area contributed by atoms with Crippen LogP contribution in [-0.4, -0.2) is 43.6 Å². The van der Waals surface area contributed by atoms with E-state index in [1.165, 1.54) is 24.5 Å². The number of fused-ring (bicyclic) bond motifs is 1. The van der Waals surface area contributed by atoms with E-state index < -0.39 is 11.7 Å². The summed E-state index contributed by atoms with van der Waals surface area (Å²) in [5, 5.41) is 5.40. The van der Waals surface area contributed by atoms with Crippen LogP contribution in [0, 0.1) is 0 Å². The predicted octanol–water partition coefficient (Wildman–Crippen LogP) is 5.24. The number of hydrogen-bond donors (Lipinski definition) is 1. The number of alkyl halides is 3. The molecule has 0 unspecified atom stereocenters. The van der Waals surface area contributed by atoms with Gasteiger partial charge >= 0.3 is 6.18 Å². The normalized spacial score (nSPS) is 16.1. The first-order chi connectivity index (χ1) is 17.7. The lowest BCUT2D eigenvalue weighted by Crippen LogP contribution is -2.40. The van der Waals surface area contributed by atoms with Gasteiger partial charge in [-0.25, -0.2) is 14.6 Å². The third-order valence-electron chi connectivity index (χ3n) is 6.27. The van der Waals surface area contributed by atoms with Crippen molar-refractivity contribution in [3.63, 3.8) is 0 Å². The first kappa shape index (κ1) is 24.3. The molecule has 4 aromatic rings. The molecule has 11 heteroatoms. The van der Waals surface area contributed by atoms with Crippen LogP contribution in [0.1, 0.15) is 24.4 Å². The van der Waals surface area contributed by atoms with Crippen molar-refractivity contribution >= 4 is 22.8 Å². The van der Waals surface area contributed by atoms with E-state index in [4.69, 9.17) is 15.6 Å². The number of benzene rings is 2. The third kappa shape index (κ3) is 4.84. The Hall–Kier alpha value is -4.41. The van der Waals surface area contributed by atoms with Gasteiger partial charge in [-0.2, -0.15) is 18.3 Å². The Morgan fingerprint density at radius 3 is 2.65 bits per heavy atom. The largest absolute Gasteiger partial charge is 0.457 e.